The van der Waals surface area contributed by atoms with Crippen molar-refractivity contribution in [1.29, 1.82) is 0 Å². The first-order chi connectivity index (χ1) is 9.94. The van der Waals surface area contributed by atoms with Crippen molar-refractivity contribution in [3.05, 3.63) is 23.3 Å². The minimum Gasteiger partial charge on any atom is -0.497 e. The van der Waals surface area contributed by atoms with E-state index in [4.69, 9.17) is 4.74 Å². The van der Waals surface area contributed by atoms with E-state index in [0.29, 0.717) is 34.4 Å². The molecule has 1 aromatic rings. The molecule has 0 bridgehead atoms. The first kappa shape index (κ1) is 16.3. The van der Waals surface area contributed by atoms with Crippen LogP contribution >= 0.6 is 0 Å². The monoisotopic (exact) mass is 312 g/mol. The lowest BCUT2D eigenvalue weighted by Gasteiger charge is -2.13. The maximum absolute atomic E-state index is 12.4. The number of methoxy groups -OCH3 is 1. The summed E-state index contributed by atoms with van der Waals surface area (Å²) in [7, 11) is -1.89. The standard InChI is InChI=1S/C15H24N2O3S/c1-11-9-14(20-3)10-12(2)15(11)21(18,19)17-8-4-7-16-13-5-6-13/h9-10,13,16-17H,4-8H2,1-3H3. The molecule has 0 amide bonds. The van der Waals surface area contributed by atoms with Gasteiger partial charge in [-0.1, -0.05) is 0 Å². The molecule has 0 atom stereocenters. The highest BCUT2D eigenvalue weighted by atomic mass is 32.2. The Hall–Kier alpha value is -1.11. The molecular weight excluding hydrogens is 288 g/mol. The second kappa shape index (κ2) is 6.77. The van der Waals surface area contributed by atoms with Crippen molar-refractivity contribution in [1.82, 2.24) is 10.0 Å². The highest BCUT2D eigenvalue weighted by Crippen LogP contribution is 2.25. The second-order valence-electron chi connectivity index (χ2n) is 5.57. The van der Waals surface area contributed by atoms with Crippen molar-refractivity contribution in [2.75, 3.05) is 20.2 Å². The van der Waals surface area contributed by atoms with Gasteiger partial charge in [-0.15, -0.1) is 0 Å². The Labute approximate surface area is 127 Å². The van der Waals surface area contributed by atoms with Crippen LogP contribution in [0.4, 0.5) is 0 Å². The Kier molecular flexibility index (Phi) is 5.24. The van der Waals surface area contributed by atoms with Gasteiger partial charge in [-0.2, -0.15) is 0 Å². The fourth-order valence-corrected chi connectivity index (χ4v) is 3.94. The van der Waals surface area contributed by atoms with E-state index in [9.17, 15) is 8.42 Å². The van der Waals surface area contributed by atoms with Gasteiger partial charge in [-0.05, 0) is 62.9 Å². The van der Waals surface area contributed by atoms with Crippen LogP contribution in [0.1, 0.15) is 30.4 Å². The fourth-order valence-electron chi connectivity index (χ4n) is 2.41. The Morgan fingerprint density at radius 3 is 2.33 bits per heavy atom. The van der Waals surface area contributed by atoms with Crippen LogP contribution in [0.2, 0.25) is 0 Å². The number of aryl methyl sites for hydroxylation is 2. The lowest BCUT2D eigenvalue weighted by molar-refractivity contribution is 0.413. The molecule has 118 valence electrons. The summed E-state index contributed by atoms with van der Waals surface area (Å²) in [5.74, 6) is 0.678. The van der Waals surface area contributed by atoms with Crippen LogP contribution in [0.3, 0.4) is 0 Å². The molecular formula is C15H24N2O3S. The molecule has 21 heavy (non-hydrogen) atoms. The highest BCUT2D eigenvalue weighted by molar-refractivity contribution is 7.89. The fraction of sp³-hybridized carbons (Fsp3) is 0.600. The summed E-state index contributed by atoms with van der Waals surface area (Å²) in [5, 5.41) is 3.37. The zero-order chi connectivity index (χ0) is 15.5. The molecule has 6 heteroatoms. The Bertz CT molecular complexity index is 572. The van der Waals surface area contributed by atoms with E-state index in [0.717, 1.165) is 13.0 Å². The Balaban J connectivity index is 1.97. The van der Waals surface area contributed by atoms with Crippen molar-refractivity contribution in [2.24, 2.45) is 0 Å². The minimum atomic E-state index is -3.47. The minimum absolute atomic E-state index is 0.360. The van der Waals surface area contributed by atoms with E-state index in [1.165, 1.54) is 12.8 Å². The van der Waals surface area contributed by atoms with Crippen LogP contribution < -0.4 is 14.8 Å². The first-order valence-electron chi connectivity index (χ1n) is 7.32. The molecule has 0 spiro atoms. The second-order valence-corrected chi connectivity index (χ2v) is 7.27. The molecule has 0 radical (unpaired) electrons. The van der Waals surface area contributed by atoms with Gasteiger partial charge in [0.2, 0.25) is 10.0 Å². The molecule has 1 aliphatic rings. The topological polar surface area (TPSA) is 67.4 Å². The summed E-state index contributed by atoms with van der Waals surface area (Å²) in [6.45, 7) is 4.89. The third kappa shape index (κ3) is 4.43. The van der Waals surface area contributed by atoms with Gasteiger partial charge in [0.1, 0.15) is 5.75 Å². The van der Waals surface area contributed by atoms with Crippen LogP contribution in [0.15, 0.2) is 17.0 Å². The van der Waals surface area contributed by atoms with Crippen molar-refractivity contribution < 1.29 is 13.2 Å². The summed E-state index contributed by atoms with van der Waals surface area (Å²) in [6, 6.07) is 4.15. The number of rotatable bonds is 8. The van der Waals surface area contributed by atoms with Gasteiger partial charge in [0.25, 0.3) is 0 Å². The smallest absolute Gasteiger partial charge is 0.241 e. The quantitative estimate of drug-likeness (QED) is 0.718. The molecule has 2 N–H and O–H groups in total. The average molecular weight is 312 g/mol. The number of benzene rings is 1. The molecule has 0 unspecified atom stereocenters. The number of hydrogen-bond donors (Lipinski definition) is 2. The molecule has 0 aliphatic heterocycles. The molecule has 5 nitrogen and oxygen atoms in total. The van der Waals surface area contributed by atoms with E-state index < -0.39 is 10.0 Å². The average Bonchev–Trinajstić information content (AvgIpc) is 3.21. The molecule has 1 aromatic carbocycles. The normalized spacial score (nSPS) is 15.2. The summed E-state index contributed by atoms with van der Waals surface area (Å²) >= 11 is 0. The molecule has 2 rings (SSSR count). The van der Waals surface area contributed by atoms with Crippen molar-refractivity contribution >= 4 is 10.0 Å². The SMILES string of the molecule is COc1cc(C)c(S(=O)(=O)NCCCNC2CC2)c(C)c1. The summed E-state index contributed by atoms with van der Waals surface area (Å²) in [6.07, 6.45) is 3.29. The third-order valence-electron chi connectivity index (χ3n) is 3.59. The number of nitrogens with one attached hydrogen (secondary N) is 2. The maximum atomic E-state index is 12.4. The van der Waals surface area contributed by atoms with Crippen molar-refractivity contribution in [2.45, 2.75) is 44.0 Å². The maximum Gasteiger partial charge on any atom is 0.241 e. The first-order valence-corrected chi connectivity index (χ1v) is 8.80. The van der Waals surface area contributed by atoms with E-state index >= 15 is 0 Å². The number of sulfonamides is 1. The third-order valence-corrected chi connectivity index (χ3v) is 5.36. The van der Waals surface area contributed by atoms with Crippen LogP contribution in [0, 0.1) is 13.8 Å². The Morgan fingerprint density at radius 1 is 1.19 bits per heavy atom. The zero-order valence-corrected chi connectivity index (χ0v) is 13.7. The number of hydrogen-bond acceptors (Lipinski definition) is 4. The van der Waals surface area contributed by atoms with Crippen LogP contribution in [0.5, 0.6) is 5.75 Å². The molecule has 1 saturated carbocycles. The van der Waals surface area contributed by atoms with E-state index in [2.05, 4.69) is 10.0 Å². The van der Waals surface area contributed by atoms with Gasteiger partial charge in [0.05, 0.1) is 12.0 Å². The van der Waals surface area contributed by atoms with Crippen LogP contribution in [0.25, 0.3) is 0 Å². The van der Waals surface area contributed by atoms with Crippen molar-refractivity contribution in [3.8, 4) is 5.75 Å². The van der Waals surface area contributed by atoms with Crippen LogP contribution in [-0.2, 0) is 10.0 Å². The lowest BCUT2D eigenvalue weighted by Crippen LogP contribution is -2.29. The van der Waals surface area contributed by atoms with E-state index in [1.54, 1.807) is 33.1 Å². The summed E-state index contributed by atoms with van der Waals surface area (Å²) in [4.78, 5) is 0.360. The number of ether oxygens (including phenoxy) is 1. The molecule has 1 aliphatic carbocycles. The summed E-state index contributed by atoms with van der Waals surface area (Å²) in [5.41, 5.74) is 1.41. The largest absolute Gasteiger partial charge is 0.497 e. The van der Waals surface area contributed by atoms with Gasteiger partial charge in [-0.3, -0.25) is 0 Å². The molecule has 0 aromatic heterocycles. The van der Waals surface area contributed by atoms with Crippen molar-refractivity contribution in [3.63, 3.8) is 0 Å². The van der Waals surface area contributed by atoms with Crippen LogP contribution in [-0.4, -0.2) is 34.7 Å². The summed E-state index contributed by atoms with van der Waals surface area (Å²) < 4.78 is 32.7. The predicted molar refractivity (Wildman–Crippen MR) is 83.3 cm³/mol. The highest BCUT2D eigenvalue weighted by Gasteiger charge is 2.21. The van der Waals surface area contributed by atoms with Gasteiger partial charge < -0.3 is 10.1 Å². The van der Waals surface area contributed by atoms with E-state index in [-0.39, 0.29) is 0 Å². The van der Waals surface area contributed by atoms with Gasteiger partial charge >= 0.3 is 0 Å². The molecule has 0 saturated heterocycles. The molecule has 0 heterocycles. The van der Waals surface area contributed by atoms with E-state index in [1.807, 2.05) is 0 Å². The Morgan fingerprint density at radius 2 is 1.81 bits per heavy atom. The van der Waals surface area contributed by atoms with Gasteiger partial charge in [0, 0.05) is 12.6 Å². The van der Waals surface area contributed by atoms with Gasteiger partial charge in [0.15, 0.2) is 0 Å². The molecule has 1 fully saturated rings. The predicted octanol–water partition coefficient (Wildman–Crippen LogP) is 1.73. The van der Waals surface area contributed by atoms with Gasteiger partial charge in [-0.25, -0.2) is 13.1 Å². The lowest BCUT2D eigenvalue weighted by atomic mass is 10.1. The zero-order valence-electron chi connectivity index (χ0n) is 12.9.